The van der Waals surface area contributed by atoms with Gasteiger partial charge in [-0.15, -0.1) is 12.4 Å². The summed E-state index contributed by atoms with van der Waals surface area (Å²) in [6, 6.07) is 0. The van der Waals surface area contributed by atoms with Gasteiger partial charge in [-0.2, -0.15) is 0 Å². The summed E-state index contributed by atoms with van der Waals surface area (Å²) in [6.45, 7) is 1.47. The zero-order chi connectivity index (χ0) is 8.32. The topological polar surface area (TPSA) is 47.6 Å². The number of halogens is 1. The van der Waals surface area contributed by atoms with Crippen molar-refractivity contribution >= 4 is 18.4 Å². The lowest BCUT2D eigenvalue weighted by molar-refractivity contribution is -0.150. The molecule has 5 heteroatoms. The first kappa shape index (κ1) is 11.7. The lowest BCUT2D eigenvalue weighted by Gasteiger charge is -2.40. The molecule has 0 saturated carbocycles. The highest BCUT2D eigenvalue weighted by Crippen LogP contribution is 2.20. The molecule has 0 aliphatic carbocycles. The van der Waals surface area contributed by atoms with Gasteiger partial charge in [-0.3, -0.25) is 4.79 Å². The zero-order valence-electron chi connectivity index (χ0n) is 7.25. The van der Waals surface area contributed by atoms with Gasteiger partial charge in [-0.1, -0.05) is 0 Å². The molecule has 72 valence electrons. The van der Waals surface area contributed by atoms with Gasteiger partial charge in [-0.05, 0) is 0 Å². The molecule has 1 N–H and O–H groups in total. The predicted molar refractivity (Wildman–Crippen MR) is 46.5 cm³/mol. The van der Waals surface area contributed by atoms with E-state index in [1.807, 2.05) is 0 Å². The molecule has 1 saturated heterocycles. The first-order valence-electron chi connectivity index (χ1n) is 3.55. The van der Waals surface area contributed by atoms with E-state index >= 15 is 0 Å². The van der Waals surface area contributed by atoms with E-state index in [-0.39, 0.29) is 24.0 Å². The van der Waals surface area contributed by atoms with Crippen molar-refractivity contribution in [3.05, 3.63) is 0 Å². The Kier molecular flexibility index (Phi) is 4.52. The van der Waals surface area contributed by atoms with Gasteiger partial charge < -0.3 is 14.8 Å². The van der Waals surface area contributed by atoms with Crippen LogP contribution in [0.25, 0.3) is 0 Å². The first-order valence-corrected chi connectivity index (χ1v) is 3.55. The Labute approximate surface area is 78.0 Å². The minimum atomic E-state index is -0.299. The molecule has 0 aromatic heterocycles. The molecule has 0 bridgehead atoms. The van der Waals surface area contributed by atoms with Crippen molar-refractivity contribution in [3.8, 4) is 0 Å². The van der Waals surface area contributed by atoms with E-state index in [9.17, 15) is 4.79 Å². The van der Waals surface area contributed by atoms with Gasteiger partial charge in [0.2, 0.25) is 0 Å². The Hall–Kier alpha value is -0.320. The quantitative estimate of drug-likeness (QED) is 0.642. The molecule has 0 aromatic carbocycles. The minimum absolute atomic E-state index is 0. The Morgan fingerprint density at radius 2 is 2.08 bits per heavy atom. The van der Waals surface area contributed by atoms with Crippen LogP contribution in [0.2, 0.25) is 0 Å². The van der Waals surface area contributed by atoms with E-state index in [4.69, 9.17) is 4.74 Å². The molecule has 0 spiro atoms. The maximum Gasteiger partial charge on any atom is 0.308 e. The summed E-state index contributed by atoms with van der Waals surface area (Å²) in [5.74, 6) is -0.214. The van der Waals surface area contributed by atoms with Crippen molar-refractivity contribution in [1.82, 2.24) is 5.32 Å². The fraction of sp³-hybridized carbons (Fsp3) is 0.857. The summed E-state index contributed by atoms with van der Waals surface area (Å²) in [5.41, 5.74) is -0.299. The van der Waals surface area contributed by atoms with E-state index in [1.54, 1.807) is 7.11 Å². The van der Waals surface area contributed by atoms with Gasteiger partial charge in [0.05, 0.1) is 13.5 Å². The Bertz CT molecular complexity index is 153. The van der Waals surface area contributed by atoms with Crippen LogP contribution in [-0.4, -0.2) is 38.9 Å². The van der Waals surface area contributed by atoms with E-state index in [1.165, 1.54) is 7.11 Å². The number of methoxy groups -OCH3 is 2. The third-order valence-electron chi connectivity index (χ3n) is 2.02. The second-order valence-electron chi connectivity index (χ2n) is 2.74. The predicted octanol–water partition coefficient (Wildman–Crippen LogP) is -0.0403. The highest BCUT2D eigenvalue weighted by atomic mass is 35.5. The lowest BCUT2D eigenvalue weighted by Crippen LogP contribution is -2.61. The summed E-state index contributed by atoms with van der Waals surface area (Å²) in [4.78, 5) is 10.8. The number of carbonyl (C=O) groups is 1. The van der Waals surface area contributed by atoms with Gasteiger partial charge >= 0.3 is 5.97 Å². The van der Waals surface area contributed by atoms with Crippen LogP contribution >= 0.6 is 12.4 Å². The second kappa shape index (κ2) is 4.64. The number of esters is 1. The summed E-state index contributed by atoms with van der Waals surface area (Å²) in [7, 11) is 3.00. The molecule has 12 heavy (non-hydrogen) atoms. The average Bonchev–Trinajstić information content (AvgIpc) is 1.96. The summed E-state index contributed by atoms with van der Waals surface area (Å²) >= 11 is 0. The smallest absolute Gasteiger partial charge is 0.308 e. The fourth-order valence-corrected chi connectivity index (χ4v) is 1.08. The Morgan fingerprint density at radius 1 is 1.50 bits per heavy atom. The minimum Gasteiger partial charge on any atom is -0.469 e. The summed E-state index contributed by atoms with van der Waals surface area (Å²) in [5, 5.41) is 3.05. The van der Waals surface area contributed by atoms with Gasteiger partial charge in [0.1, 0.15) is 5.60 Å². The Morgan fingerprint density at radius 3 is 2.33 bits per heavy atom. The lowest BCUT2D eigenvalue weighted by atomic mass is 9.93. The molecule has 1 aliphatic heterocycles. The molecule has 4 nitrogen and oxygen atoms in total. The number of hydrogen-bond donors (Lipinski definition) is 1. The summed E-state index contributed by atoms with van der Waals surface area (Å²) in [6.07, 6.45) is 0.340. The number of hydrogen-bond acceptors (Lipinski definition) is 4. The van der Waals surface area contributed by atoms with E-state index in [0.717, 1.165) is 13.1 Å². The van der Waals surface area contributed by atoms with Crippen molar-refractivity contribution in [2.45, 2.75) is 12.0 Å². The number of nitrogens with one attached hydrogen (secondary N) is 1. The molecule has 0 radical (unpaired) electrons. The van der Waals surface area contributed by atoms with Crippen molar-refractivity contribution in [3.63, 3.8) is 0 Å². The number of rotatable bonds is 3. The van der Waals surface area contributed by atoms with Crippen LogP contribution in [0.15, 0.2) is 0 Å². The molecule has 1 heterocycles. The average molecular weight is 196 g/mol. The summed E-state index contributed by atoms with van der Waals surface area (Å²) < 4.78 is 9.72. The van der Waals surface area contributed by atoms with Crippen molar-refractivity contribution in [2.24, 2.45) is 0 Å². The molecule has 0 unspecified atom stereocenters. The van der Waals surface area contributed by atoms with Crippen LogP contribution < -0.4 is 5.32 Å². The van der Waals surface area contributed by atoms with Gasteiger partial charge in [0.25, 0.3) is 0 Å². The van der Waals surface area contributed by atoms with Crippen molar-refractivity contribution in [2.75, 3.05) is 27.3 Å². The van der Waals surface area contributed by atoms with Crippen LogP contribution in [-0.2, 0) is 14.3 Å². The molecular weight excluding hydrogens is 182 g/mol. The third-order valence-corrected chi connectivity index (χ3v) is 2.02. The van der Waals surface area contributed by atoms with Gasteiger partial charge in [0, 0.05) is 20.2 Å². The van der Waals surface area contributed by atoms with E-state index in [0.29, 0.717) is 6.42 Å². The molecule has 0 aromatic rings. The SMILES string of the molecule is COC(=O)CC1(OC)CNC1.Cl. The molecule has 1 fully saturated rings. The fourth-order valence-electron chi connectivity index (χ4n) is 1.08. The monoisotopic (exact) mass is 195 g/mol. The van der Waals surface area contributed by atoms with Crippen LogP contribution in [0.5, 0.6) is 0 Å². The largest absolute Gasteiger partial charge is 0.469 e. The van der Waals surface area contributed by atoms with Gasteiger partial charge in [-0.25, -0.2) is 0 Å². The van der Waals surface area contributed by atoms with Crippen molar-refractivity contribution in [1.29, 1.82) is 0 Å². The highest BCUT2D eigenvalue weighted by molar-refractivity contribution is 5.85. The standard InChI is InChI=1S/C7H13NO3.ClH/c1-10-6(9)3-7(11-2)4-8-5-7;/h8H,3-5H2,1-2H3;1H. The third kappa shape index (κ3) is 2.33. The van der Waals surface area contributed by atoms with Crippen LogP contribution in [0.3, 0.4) is 0 Å². The van der Waals surface area contributed by atoms with E-state index < -0.39 is 0 Å². The maximum atomic E-state index is 10.8. The van der Waals surface area contributed by atoms with E-state index in [2.05, 4.69) is 10.1 Å². The van der Waals surface area contributed by atoms with Crippen molar-refractivity contribution < 1.29 is 14.3 Å². The number of ether oxygens (including phenoxy) is 2. The maximum absolute atomic E-state index is 10.8. The molecule has 0 amide bonds. The van der Waals surface area contributed by atoms with Crippen LogP contribution in [0.4, 0.5) is 0 Å². The van der Waals surface area contributed by atoms with Gasteiger partial charge in [0.15, 0.2) is 0 Å². The molecule has 0 atom stereocenters. The molecular formula is C7H14ClNO3. The molecule has 1 aliphatic rings. The first-order chi connectivity index (χ1) is 5.22. The van der Waals surface area contributed by atoms with Crippen LogP contribution in [0, 0.1) is 0 Å². The molecule has 1 rings (SSSR count). The normalized spacial score (nSPS) is 18.8. The Balaban J connectivity index is 0.00000121. The second-order valence-corrected chi connectivity index (χ2v) is 2.74. The number of carbonyl (C=O) groups excluding carboxylic acids is 1. The zero-order valence-corrected chi connectivity index (χ0v) is 8.07. The highest BCUT2D eigenvalue weighted by Gasteiger charge is 2.39. The van der Waals surface area contributed by atoms with Crippen LogP contribution in [0.1, 0.15) is 6.42 Å².